The summed E-state index contributed by atoms with van der Waals surface area (Å²) in [6.45, 7) is 11.3. The molecule has 0 radical (unpaired) electrons. The SMILES string of the molecule is CC(C)Cc1cnc2cc(-c3cc(-c4cc(C(C)(C)C)c5ccccc5c4)ncn3)sc2c1. The van der Waals surface area contributed by atoms with Crippen LogP contribution in [0.4, 0.5) is 0 Å². The molecule has 0 amide bonds. The summed E-state index contributed by atoms with van der Waals surface area (Å²) in [5.41, 5.74) is 6.71. The highest BCUT2D eigenvalue weighted by Crippen LogP contribution is 2.36. The molecular weight excluding hydrogens is 422 g/mol. The van der Waals surface area contributed by atoms with Crippen molar-refractivity contribution in [2.45, 2.75) is 46.5 Å². The van der Waals surface area contributed by atoms with Gasteiger partial charge in [-0.1, -0.05) is 58.9 Å². The van der Waals surface area contributed by atoms with Crippen molar-refractivity contribution < 1.29 is 0 Å². The first-order chi connectivity index (χ1) is 15.8. The van der Waals surface area contributed by atoms with Crippen LogP contribution in [0.1, 0.15) is 45.7 Å². The first kappa shape index (κ1) is 21.7. The lowest BCUT2D eigenvalue weighted by Gasteiger charge is -2.22. The summed E-state index contributed by atoms with van der Waals surface area (Å²) in [4.78, 5) is 15.1. The minimum atomic E-state index is 0.0380. The molecule has 3 aromatic heterocycles. The van der Waals surface area contributed by atoms with Crippen LogP contribution in [-0.2, 0) is 11.8 Å². The lowest BCUT2D eigenvalue weighted by Crippen LogP contribution is -2.12. The van der Waals surface area contributed by atoms with Crippen molar-refractivity contribution in [1.29, 1.82) is 0 Å². The van der Waals surface area contributed by atoms with Crippen molar-refractivity contribution in [1.82, 2.24) is 15.0 Å². The summed E-state index contributed by atoms with van der Waals surface area (Å²) in [7, 11) is 0. The number of aromatic nitrogens is 3. The van der Waals surface area contributed by atoms with Gasteiger partial charge < -0.3 is 0 Å². The van der Waals surface area contributed by atoms with Crippen LogP contribution in [0.15, 0.2) is 67.1 Å². The zero-order valence-corrected chi connectivity index (χ0v) is 20.7. The zero-order valence-electron chi connectivity index (χ0n) is 19.9. The predicted octanol–water partition coefficient (Wildman–Crippen LogP) is 8.07. The maximum absolute atomic E-state index is 4.70. The number of pyridine rings is 1. The molecule has 3 heterocycles. The van der Waals surface area contributed by atoms with Crippen LogP contribution in [0, 0.1) is 5.92 Å². The molecule has 0 N–H and O–H groups in total. The summed E-state index contributed by atoms with van der Waals surface area (Å²) >= 11 is 1.75. The zero-order chi connectivity index (χ0) is 23.2. The average Bonchev–Trinajstić information content (AvgIpc) is 3.21. The molecule has 0 aliphatic rings. The van der Waals surface area contributed by atoms with E-state index in [4.69, 9.17) is 4.98 Å². The first-order valence-corrected chi connectivity index (χ1v) is 12.3. The van der Waals surface area contributed by atoms with Crippen molar-refractivity contribution in [3.63, 3.8) is 0 Å². The molecule has 5 rings (SSSR count). The fraction of sp³-hybridized carbons (Fsp3) is 0.276. The molecule has 0 unspecified atom stereocenters. The van der Waals surface area contributed by atoms with Crippen LogP contribution in [0.2, 0.25) is 0 Å². The molecule has 5 aromatic rings. The van der Waals surface area contributed by atoms with Crippen molar-refractivity contribution in [2.24, 2.45) is 5.92 Å². The summed E-state index contributed by atoms with van der Waals surface area (Å²) in [5, 5.41) is 2.54. The second kappa shape index (κ2) is 8.35. The molecular formula is C29H29N3S. The van der Waals surface area contributed by atoms with Gasteiger partial charge in [-0.15, -0.1) is 11.3 Å². The van der Waals surface area contributed by atoms with E-state index in [0.29, 0.717) is 5.92 Å². The first-order valence-electron chi connectivity index (χ1n) is 11.5. The number of fused-ring (bicyclic) bond motifs is 2. The fourth-order valence-corrected chi connectivity index (χ4v) is 5.45. The van der Waals surface area contributed by atoms with Crippen molar-refractivity contribution in [3.05, 3.63) is 78.2 Å². The van der Waals surface area contributed by atoms with Crippen LogP contribution in [0.5, 0.6) is 0 Å². The summed E-state index contributed by atoms with van der Waals surface area (Å²) < 4.78 is 1.21. The van der Waals surface area contributed by atoms with E-state index in [-0.39, 0.29) is 5.41 Å². The molecule has 3 nitrogen and oxygen atoms in total. The van der Waals surface area contributed by atoms with Gasteiger partial charge >= 0.3 is 0 Å². The third kappa shape index (κ3) is 4.40. The van der Waals surface area contributed by atoms with Crippen LogP contribution in [-0.4, -0.2) is 15.0 Å². The Morgan fingerprint density at radius 2 is 1.67 bits per heavy atom. The average molecular weight is 452 g/mol. The van der Waals surface area contributed by atoms with Gasteiger partial charge in [-0.2, -0.15) is 0 Å². The Bertz CT molecular complexity index is 1460. The molecule has 0 saturated heterocycles. The van der Waals surface area contributed by atoms with E-state index in [1.54, 1.807) is 17.7 Å². The molecule has 0 aliphatic heterocycles. The maximum atomic E-state index is 4.70. The summed E-state index contributed by atoms with van der Waals surface area (Å²) in [5.74, 6) is 0.619. The van der Waals surface area contributed by atoms with Crippen molar-refractivity contribution in [3.8, 4) is 21.8 Å². The van der Waals surface area contributed by atoms with E-state index in [2.05, 4.69) is 99.2 Å². The van der Waals surface area contributed by atoms with E-state index in [1.807, 2.05) is 6.20 Å². The summed E-state index contributed by atoms with van der Waals surface area (Å²) in [6.07, 6.45) is 4.73. The normalized spacial score (nSPS) is 12.2. The standard InChI is InChI=1S/C29H29N3S/c1-18(2)10-19-11-27-26(30-16-19)15-28(33-27)25-14-24(31-17-32-25)21-12-20-8-6-7-9-22(20)23(13-21)29(3,4)5/h6-9,11-18H,10H2,1-5H3. The molecule has 0 fully saturated rings. The molecule has 0 bridgehead atoms. The second-order valence-electron chi connectivity index (χ2n) is 10.2. The van der Waals surface area contributed by atoms with E-state index in [9.17, 15) is 0 Å². The molecule has 166 valence electrons. The maximum Gasteiger partial charge on any atom is 0.116 e. The predicted molar refractivity (Wildman–Crippen MR) is 141 cm³/mol. The molecule has 0 aliphatic carbocycles. The molecule has 0 atom stereocenters. The Kier molecular flexibility index (Phi) is 5.49. The topological polar surface area (TPSA) is 38.7 Å². The molecule has 2 aromatic carbocycles. The third-order valence-electron chi connectivity index (χ3n) is 5.96. The smallest absolute Gasteiger partial charge is 0.116 e. The van der Waals surface area contributed by atoms with Crippen molar-refractivity contribution >= 4 is 32.3 Å². The van der Waals surface area contributed by atoms with E-state index >= 15 is 0 Å². The highest BCUT2D eigenvalue weighted by atomic mass is 32.1. The number of benzene rings is 2. The Morgan fingerprint density at radius 3 is 2.45 bits per heavy atom. The van der Waals surface area contributed by atoms with Crippen LogP contribution in [0.25, 0.3) is 42.8 Å². The molecule has 0 spiro atoms. The largest absolute Gasteiger partial charge is 0.255 e. The van der Waals surface area contributed by atoms with E-state index < -0.39 is 0 Å². The fourth-order valence-electron chi connectivity index (χ4n) is 4.40. The van der Waals surface area contributed by atoms with E-state index in [0.717, 1.165) is 33.8 Å². The molecule has 0 saturated carbocycles. The van der Waals surface area contributed by atoms with Gasteiger partial charge in [0.2, 0.25) is 0 Å². The third-order valence-corrected chi connectivity index (χ3v) is 7.05. The number of rotatable bonds is 4. The quantitative estimate of drug-likeness (QED) is 0.277. The molecule has 4 heteroatoms. The minimum absolute atomic E-state index is 0.0380. The Balaban J connectivity index is 1.58. The number of hydrogen-bond donors (Lipinski definition) is 0. The van der Waals surface area contributed by atoms with Crippen LogP contribution >= 0.6 is 11.3 Å². The van der Waals surface area contributed by atoms with Gasteiger partial charge in [0, 0.05) is 11.8 Å². The van der Waals surface area contributed by atoms with Gasteiger partial charge in [-0.3, -0.25) is 4.98 Å². The highest BCUT2D eigenvalue weighted by Gasteiger charge is 2.19. The van der Waals surface area contributed by atoms with Crippen LogP contribution in [0.3, 0.4) is 0 Å². The van der Waals surface area contributed by atoms with Crippen molar-refractivity contribution in [2.75, 3.05) is 0 Å². The minimum Gasteiger partial charge on any atom is -0.255 e. The van der Waals surface area contributed by atoms with Gasteiger partial charge in [-0.25, -0.2) is 9.97 Å². The Labute approximate surface area is 199 Å². The van der Waals surface area contributed by atoms with Gasteiger partial charge in [-0.05, 0) is 70.0 Å². The summed E-state index contributed by atoms with van der Waals surface area (Å²) in [6, 6.07) is 19.7. The lowest BCUT2D eigenvalue weighted by molar-refractivity contribution is 0.596. The monoisotopic (exact) mass is 451 g/mol. The van der Waals surface area contributed by atoms with Crippen LogP contribution < -0.4 is 0 Å². The second-order valence-corrected chi connectivity index (χ2v) is 11.3. The Morgan fingerprint density at radius 1 is 0.879 bits per heavy atom. The lowest BCUT2D eigenvalue weighted by atomic mass is 9.82. The number of nitrogens with zero attached hydrogens (tertiary/aromatic N) is 3. The van der Waals surface area contributed by atoms with Gasteiger partial charge in [0.25, 0.3) is 0 Å². The van der Waals surface area contributed by atoms with E-state index in [1.165, 1.54) is 26.6 Å². The number of thiophene rings is 1. The van der Waals surface area contributed by atoms with Gasteiger partial charge in [0.15, 0.2) is 0 Å². The highest BCUT2D eigenvalue weighted by molar-refractivity contribution is 7.22. The Hall–Kier alpha value is -3.11. The molecule has 33 heavy (non-hydrogen) atoms. The number of hydrogen-bond acceptors (Lipinski definition) is 4. The van der Waals surface area contributed by atoms with Gasteiger partial charge in [0.1, 0.15) is 6.33 Å². The van der Waals surface area contributed by atoms with Gasteiger partial charge in [0.05, 0.1) is 26.5 Å².